The maximum absolute atomic E-state index is 13.5. The fourth-order valence-corrected chi connectivity index (χ4v) is 2.38. The van der Waals surface area contributed by atoms with Crippen LogP contribution in [-0.4, -0.2) is 21.2 Å². The lowest BCUT2D eigenvalue weighted by molar-refractivity contribution is 0.599. The first-order valence-electron chi connectivity index (χ1n) is 4.73. The van der Waals surface area contributed by atoms with E-state index >= 15 is 0 Å². The summed E-state index contributed by atoms with van der Waals surface area (Å²) in [6.45, 7) is 1.84. The number of hydrogen-bond donors (Lipinski definition) is 1. The van der Waals surface area contributed by atoms with Crippen LogP contribution in [0.15, 0.2) is 23.1 Å². The Kier molecular flexibility index (Phi) is 3.83. The molecule has 0 unspecified atom stereocenters. The zero-order valence-corrected chi connectivity index (χ0v) is 10.0. The van der Waals surface area contributed by atoms with Crippen LogP contribution in [0.25, 0.3) is 6.08 Å². The number of rotatable bonds is 3. The Morgan fingerprint density at radius 3 is 2.56 bits per heavy atom. The molecule has 1 aromatic rings. The van der Waals surface area contributed by atoms with E-state index in [0.29, 0.717) is 5.56 Å². The van der Waals surface area contributed by atoms with Gasteiger partial charge in [-0.2, -0.15) is 0 Å². The number of hydrogen-bond acceptors (Lipinski definition) is 3. The molecule has 1 rings (SSSR count). The Labute approximate surface area is 94.7 Å². The van der Waals surface area contributed by atoms with Crippen LogP contribution in [0.5, 0.6) is 0 Å². The van der Waals surface area contributed by atoms with Crippen LogP contribution < -0.4 is 5.73 Å². The van der Waals surface area contributed by atoms with E-state index in [-0.39, 0.29) is 17.0 Å². The monoisotopic (exact) mass is 243 g/mol. The number of aryl methyl sites for hydroxylation is 1. The summed E-state index contributed by atoms with van der Waals surface area (Å²) in [7, 11) is -3.33. The summed E-state index contributed by atoms with van der Waals surface area (Å²) in [5, 5.41) is 0. The predicted octanol–water partition coefficient (Wildman–Crippen LogP) is 1.51. The molecule has 88 valence electrons. The number of nitrogens with two attached hydrogens (primary N) is 1. The van der Waals surface area contributed by atoms with Gasteiger partial charge in [0.05, 0.1) is 4.90 Å². The fraction of sp³-hybridized carbons (Fsp3) is 0.273. The third-order valence-electron chi connectivity index (χ3n) is 2.13. The molecule has 0 bridgehead atoms. The lowest BCUT2D eigenvalue weighted by Crippen LogP contribution is -2.02. The third kappa shape index (κ3) is 2.90. The molecule has 0 atom stereocenters. The lowest BCUT2D eigenvalue weighted by atomic mass is 10.1. The highest BCUT2D eigenvalue weighted by Gasteiger charge is 2.13. The highest BCUT2D eigenvalue weighted by atomic mass is 32.2. The Morgan fingerprint density at radius 1 is 1.44 bits per heavy atom. The molecule has 0 aliphatic carbocycles. The minimum absolute atomic E-state index is 0.144. The number of sulfone groups is 1. The van der Waals surface area contributed by atoms with Gasteiger partial charge < -0.3 is 5.73 Å². The molecule has 0 amide bonds. The van der Waals surface area contributed by atoms with Crippen molar-refractivity contribution in [3.8, 4) is 0 Å². The van der Waals surface area contributed by atoms with E-state index in [1.54, 1.807) is 13.0 Å². The molecule has 16 heavy (non-hydrogen) atoms. The van der Waals surface area contributed by atoms with Gasteiger partial charge in [-0.05, 0) is 24.6 Å². The second-order valence-electron chi connectivity index (χ2n) is 3.55. The molecule has 0 aliphatic rings. The highest BCUT2D eigenvalue weighted by molar-refractivity contribution is 7.90. The first-order valence-corrected chi connectivity index (χ1v) is 6.62. The van der Waals surface area contributed by atoms with E-state index in [4.69, 9.17) is 5.73 Å². The molecule has 0 radical (unpaired) electrons. The van der Waals surface area contributed by atoms with Crippen LogP contribution in [0.2, 0.25) is 0 Å². The zero-order valence-electron chi connectivity index (χ0n) is 9.20. The summed E-state index contributed by atoms with van der Waals surface area (Å²) in [6.07, 6.45) is 4.15. The standard InChI is InChI=1S/C11H14FNO2S/c1-8-6-10(12)9(4-3-5-13)7-11(8)16(2,14)15/h3-4,6-7H,5,13H2,1-2H3/b4-3+. The van der Waals surface area contributed by atoms with Gasteiger partial charge in [-0.3, -0.25) is 0 Å². The summed E-state index contributed by atoms with van der Waals surface area (Å²) >= 11 is 0. The lowest BCUT2D eigenvalue weighted by Gasteiger charge is -2.06. The molecule has 0 aromatic heterocycles. The van der Waals surface area contributed by atoms with Gasteiger partial charge in [0.1, 0.15) is 5.82 Å². The van der Waals surface area contributed by atoms with E-state index in [1.807, 2.05) is 0 Å². The van der Waals surface area contributed by atoms with Crippen molar-refractivity contribution in [1.82, 2.24) is 0 Å². The summed E-state index contributed by atoms with van der Waals surface area (Å²) in [4.78, 5) is 0.144. The minimum Gasteiger partial charge on any atom is -0.327 e. The van der Waals surface area contributed by atoms with Gasteiger partial charge in [0, 0.05) is 18.4 Å². The van der Waals surface area contributed by atoms with Gasteiger partial charge in [-0.1, -0.05) is 12.2 Å². The summed E-state index contributed by atoms with van der Waals surface area (Å²) in [5.41, 5.74) is 5.89. The molecule has 0 saturated heterocycles. The van der Waals surface area contributed by atoms with Gasteiger partial charge in [0.25, 0.3) is 0 Å². The van der Waals surface area contributed by atoms with Crippen LogP contribution in [0, 0.1) is 12.7 Å². The van der Waals surface area contributed by atoms with E-state index in [9.17, 15) is 12.8 Å². The third-order valence-corrected chi connectivity index (χ3v) is 3.37. The first-order chi connectivity index (χ1) is 7.36. The molecule has 0 saturated carbocycles. The van der Waals surface area contributed by atoms with Crippen LogP contribution >= 0.6 is 0 Å². The number of benzene rings is 1. The van der Waals surface area contributed by atoms with Crippen LogP contribution in [0.3, 0.4) is 0 Å². The van der Waals surface area contributed by atoms with Crippen molar-refractivity contribution in [2.75, 3.05) is 12.8 Å². The molecule has 0 aliphatic heterocycles. The smallest absolute Gasteiger partial charge is 0.175 e. The normalized spacial score (nSPS) is 12.2. The summed E-state index contributed by atoms with van der Waals surface area (Å²) in [5.74, 6) is -0.449. The molecule has 0 fully saturated rings. The van der Waals surface area contributed by atoms with Gasteiger partial charge >= 0.3 is 0 Å². The maximum Gasteiger partial charge on any atom is 0.175 e. The summed E-state index contributed by atoms with van der Waals surface area (Å²) < 4.78 is 36.3. The molecule has 0 heterocycles. The van der Waals surface area contributed by atoms with Crippen molar-refractivity contribution in [1.29, 1.82) is 0 Å². The van der Waals surface area contributed by atoms with Crippen molar-refractivity contribution >= 4 is 15.9 Å². The molecular formula is C11H14FNO2S. The van der Waals surface area contributed by atoms with Crippen molar-refractivity contribution in [3.05, 3.63) is 35.2 Å². The van der Waals surface area contributed by atoms with Crippen molar-refractivity contribution in [2.45, 2.75) is 11.8 Å². The van der Waals surface area contributed by atoms with Gasteiger partial charge in [-0.25, -0.2) is 12.8 Å². The predicted molar refractivity (Wildman–Crippen MR) is 62.3 cm³/mol. The second-order valence-corrected chi connectivity index (χ2v) is 5.53. The highest BCUT2D eigenvalue weighted by Crippen LogP contribution is 2.20. The Hall–Kier alpha value is -1.20. The average Bonchev–Trinajstić information content (AvgIpc) is 2.14. The fourth-order valence-electron chi connectivity index (χ4n) is 1.39. The summed E-state index contributed by atoms with van der Waals surface area (Å²) in [6, 6.07) is 2.54. The van der Waals surface area contributed by atoms with Gasteiger partial charge in [0.15, 0.2) is 9.84 Å². The molecule has 5 heteroatoms. The quantitative estimate of drug-likeness (QED) is 0.819. The van der Waals surface area contributed by atoms with Crippen molar-refractivity contribution < 1.29 is 12.8 Å². The van der Waals surface area contributed by atoms with E-state index in [1.165, 1.54) is 18.2 Å². The minimum atomic E-state index is -3.33. The molecule has 3 nitrogen and oxygen atoms in total. The zero-order chi connectivity index (χ0) is 12.3. The average molecular weight is 243 g/mol. The molecule has 2 N–H and O–H groups in total. The topological polar surface area (TPSA) is 60.2 Å². The van der Waals surface area contributed by atoms with Crippen LogP contribution in [0.1, 0.15) is 11.1 Å². The largest absolute Gasteiger partial charge is 0.327 e. The van der Waals surface area contributed by atoms with E-state index in [2.05, 4.69) is 0 Å². The van der Waals surface area contributed by atoms with Crippen LogP contribution in [0.4, 0.5) is 4.39 Å². The number of halogens is 1. The van der Waals surface area contributed by atoms with Crippen molar-refractivity contribution in [2.24, 2.45) is 5.73 Å². The Balaban J connectivity index is 3.39. The van der Waals surface area contributed by atoms with Gasteiger partial charge in [0.2, 0.25) is 0 Å². The van der Waals surface area contributed by atoms with Gasteiger partial charge in [-0.15, -0.1) is 0 Å². The van der Waals surface area contributed by atoms with Crippen LogP contribution in [-0.2, 0) is 9.84 Å². The second kappa shape index (κ2) is 4.76. The SMILES string of the molecule is Cc1cc(F)c(/C=C/CN)cc1S(C)(=O)=O. The Morgan fingerprint density at radius 2 is 2.06 bits per heavy atom. The maximum atomic E-state index is 13.5. The van der Waals surface area contributed by atoms with E-state index in [0.717, 1.165) is 6.26 Å². The molecule has 1 aromatic carbocycles. The first kappa shape index (κ1) is 12.9. The van der Waals surface area contributed by atoms with E-state index < -0.39 is 15.7 Å². The molecular weight excluding hydrogens is 229 g/mol. The Bertz CT molecular complexity index is 521. The van der Waals surface area contributed by atoms with Crippen molar-refractivity contribution in [3.63, 3.8) is 0 Å². The molecule has 0 spiro atoms.